The molecule has 0 spiro atoms. The molecule has 26 heavy (non-hydrogen) atoms. The average molecular weight is 346 g/mol. The Bertz CT molecular complexity index is 917. The molecule has 0 radical (unpaired) electrons. The molecule has 0 bridgehead atoms. The van der Waals surface area contributed by atoms with Crippen molar-refractivity contribution in [3.8, 4) is 22.4 Å². The second kappa shape index (κ2) is 7.57. The van der Waals surface area contributed by atoms with E-state index in [1.807, 2.05) is 87.3 Å². The summed E-state index contributed by atoms with van der Waals surface area (Å²) in [7, 11) is 3.80. The molecule has 2 heterocycles. The van der Waals surface area contributed by atoms with E-state index in [-0.39, 0.29) is 0 Å². The summed E-state index contributed by atoms with van der Waals surface area (Å²) in [6.07, 6.45) is 5.71. The maximum Gasteiger partial charge on any atom is 0.0923 e. The molecule has 0 aliphatic heterocycles. The molecular formula is C20H22N6. The molecule has 4 aromatic rings. The van der Waals surface area contributed by atoms with Gasteiger partial charge in [-0.1, -0.05) is 24.3 Å². The van der Waals surface area contributed by atoms with Crippen molar-refractivity contribution in [1.29, 1.82) is 0 Å². The van der Waals surface area contributed by atoms with Gasteiger partial charge in [-0.3, -0.25) is 9.36 Å². The number of aromatic nitrogens is 4. The molecule has 0 aliphatic carbocycles. The monoisotopic (exact) mass is 346 g/mol. The lowest BCUT2D eigenvalue weighted by atomic mass is 10.1. The number of anilines is 2. The van der Waals surface area contributed by atoms with E-state index in [2.05, 4.69) is 10.2 Å². The van der Waals surface area contributed by atoms with Gasteiger partial charge in [0.1, 0.15) is 0 Å². The summed E-state index contributed by atoms with van der Waals surface area (Å²) in [5.74, 6) is 0. The van der Waals surface area contributed by atoms with Gasteiger partial charge in [0.15, 0.2) is 0 Å². The highest BCUT2D eigenvalue weighted by Gasteiger charge is 2.00. The average Bonchev–Trinajstić information content (AvgIpc) is 3.24. The Morgan fingerprint density at radius 2 is 1.42 bits per heavy atom. The highest BCUT2D eigenvalue weighted by molar-refractivity contribution is 5.66. The summed E-state index contributed by atoms with van der Waals surface area (Å²) in [6, 6.07) is 17.5. The molecule has 6 heteroatoms. The Balaban J connectivity index is 0.000000151. The second-order valence-corrected chi connectivity index (χ2v) is 6.03. The van der Waals surface area contributed by atoms with Gasteiger partial charge in [-0.2, -0.15) is 10.2 Å². The van der Waals surface area contributed by atoms with E-state index >= 15 is 0 Å². The quantitative estimate of drug-likeness (QED) is 0.545. The van der Waals surface area contributed by atoms with E-state index in [1.54, 1.807) is 9.36 Å². The topological polar surface area (TPSA) is 87.7 Å². The summed E-state index contributed by atoms with van der Waals surface area (Å²) in [5.41, 5.74) is 17.1. The van der Waals surface area contributed by atoms with Crippen LogP contribution in [0.2, 0.25) is 0 Å². The number of benzene rings is 2. The molecular weight excluding hydrogens is 324 g/mol. The van der Waals surface area contributed by atoms with E-state index in [0.29, 0.717) is 0 Å². The number of rotatable bonds is 2. The number of hydrogen-bond acceptors (Lipinski definition) is 4. The first-order valence-corrected chi connectivity index (χ1v) is 8.21. The van der Waals surface area contributed by atoms with Crippen molar-refractivity contribution < 1.29 is 0 Å². The summed E-state index contributed by atoms with van der Waals surface area (Å²) < 4.78 is 3.55. The van der Waals surface area contributed by atoms with Gasteiger partial charge in [-0.15, -0.1) is 0 Å². The van der Waals surface area contributed by atoms with Crippen LogP contribution < -0.4 is 11.5 Å². The van der Waals surface area contributed by atoms with Crippen molar-refractivity contribution in [3.05, 3.63) is 73.2 Å². The third-order valence-electron chi connectivity index (χ3n) is 3.82. The molecule has 6 nitrogen and oxygen atoms in total. The first-order chi connectivity index (χ1) is 12.5. The van der Waals surface area contributed by atoms with Crippen molar-refractivity contribution >= 4 is 11.4 Å². The van der Waals surface area contributed by atoms with Crippen molar-refractivity contribution in [2.24, 2.45) is 14.1 Å². The largest absolute Gasteiger partial charge is 0.399 e. The van der Waals surface area contributed by atoms with Gasteiger partial charge >= 0.3 is 0 Å². The molecule has 0 unspecified atom stereocenters. The lowest BCUT2D eigenvalue weighted by Crippen LogP contribution is -1.89. The Hall–Kier alpha value is -3.54. The molecule has 0 amide bonds. The summed E-state index contributed by atoms with van der Waals surface area (Å²) >= 11 is 0. The van der Waals surface area contributed by atoms with Crippen LogP contribution in [0, 0.1) is 0 Å². The van der Waals surface area contributed by atoms with E-state index in [1.165, 1.54) is 0 Å². The molecule has 4 N–H and O–H groups in total. The van der Waals surface area contributed by atoms with Crippen LogP contribution in [-0.2, 0) is 14.1 Å². The van der Waals surface area contributed by atoms with Gasteiger partial charge in [0, 0.05) is 49.0 Å². The fourth-order valence-corrected chi connectivity index (χ4v) is 2.56. The lowest BCUT2D eigenvalue weighted by molar-refractivity contribution is 0.768. The highest BCUT2D eigenvalue weighted by atomic mass is 15.2. The van der Waals surface area contributed by atoms with Gasteiger partial charge in [0.05, 0.1) is 11.9 Å². The predicted molar refractivity (Wildman–Crippen MR) is 106 cm³/mol. The lowest BCUT2D eigenvalue weighted by Gasteiger charge is -1.97. The van der Waals surface area contributed by atoms with Gasteiger partial charge < -0.3 is 11.5 Å². The van der Waals surface area contributed by atoms with Crippen LogP contribution in [0.1, 0.15) is 0 Å². The third-order valence-corrected chi connectivity index (χ3v) is 3.82. The molecule has 2 aromatic carbocycles. The van der Waals surface area contributed by atoms with Crippen LogP contribution in [-0.4, -0.2) is 19.6 Å². The summed E-state index contributed by atoms with van der Waals surface area (Å²) in [5, 5.41) is 8.38. The Kier molecular flexibility index (Phi) is 5.03. The van der Waals surface area contributed by atoms with Gasteiger partial charge in [-0.05, 0) is 35.9 Å². The number of nitrogen functional groups attached to an aromatic ring is 2. The van der Waals surface area contributed by atoms with Crippen LogP contribution >= 0.6 is 0 Å². The Morgan fingerprint density at radius 3 is 1.96 bits per heavy atom. The van der Waals surface area contributed by atoms with E-state index in [0.717, 1.165) is 33.8 Å². The summed E-state index contributed by atoms with van der Waals surface area (Å²) in [6.45, 7) is 0. The minimum Gasteiger partial charge on any atom is -0.399 e. The predicted octanol–water partition coefficient (Wildman–Crippen LogP) is 3.34. The Labute approximate surface area is 152 Å². The van der Waals surface area contributed by atoms with Gasteiger partial charge in [0.25, 0.3) is 0 Å². The van der Waals surface area contributed by atoms with Crippen molar-refractivity contribution in [2.45, 2.75) is 0 Å². The second-order valence-electron chi connectivity index (χ2n) is 6.03. The fraction of sp³-hybridized carbons (Fsp3) is 0.100. The standard InChI is InChI=1S/2C10H11N3/c1-13-7-9(6-12-13)8-3-2-4-10(11)5-8;1-13-6-5-10(12-13)8-3-2-4-9(11)7-8/h2*2-7H,11H2,1H3. The molecule has 0 atom stereocenters. The van der Waals surface area contributed by atoms with Crippen LogP contribution in [0.4, 0.5) is 11.4 Å². The molecule has 0 aliphatic rings. The normalized spacial score (nSPS) is 10.2. The third kappa shape index (κ3) is 4.30. The zero-order valence-electron chi connectivity index (χ0n) is 14.9. The molecule has 2 aromatic heterocycles. The van der Waals surface area contributed by atoms with Crippen LogP contribution in [0.5, 0.6) is 0 Å². The fourth-order valence-electron chi connectivity index (χ4n) is 2.56. The molecule has 132 valence electrons. The number of nitrogens with zero attached hydrogens (tertiary/aromatic N) is 4. The zero-order chi connectivity index (χ0) is 18.5. The Morgan fingerprint density at radius 1 is 0.769 bits per heavy atom. The number of hydrogen-bond donors (Lipinski definition) is 2. The maximum absolute atomic E-state index is 5.68. The smallest absolute Gasteiger partial charge is 0.0923 e. The molecule has 4 rings (SSSR count). The van der Waals surface area contributed by atoms with Crippen molar-refractivity contribution in [1.82, 2.24) is 19.6 Å². The number of nitrogens with two attached hydrogens (primary N) is 2. The molecule has 0 saturated heterocycles. The van der Waals surface area contributed by atoms with Crippen LogP contribution in [0.3, 0.4) is 0 Å². The van der Waals surface area contributed by atoms with E-state index in [4.69, 9.17) is 11.5 Å². The number of aryl methyl sites for hydroxylation is 2. The van der Waals surface area contributed by atoms with Crippen LogP contribution in [0.25, 0.3) is 22.4 Å². The SMILES string of the molecule is Cn1cc(-c2cccc(N)c2)cn1.Cn1ccc(-c2cccc(N)c2)n1. The minimum atomic E-state index is 0.767. The first kappa shape index (κ1) is 17.3. The highest BCUT2D eigenvalue weighted by Crippen LogP contribution is 2.20. The van der Waals surface area contributed by atoms with Crippen molar-refractivity contribution in [2.75, 3.05) is 11.5 Å². The summed E-state index contributed by atoms with van der Waals surface area (Å²) in [4.78, 5) is 0. The van der Waals surface area contributed by atoms with E-state index in [9.17, 15) is 0 Å². The molecule has 0 fully saturated rings. The minimum absolute atomic E-state index is 0.767. The van der Waals surface area contributed by atoms with Crippen molar-refractivity contribution in [3.63, 3.8) is 0 Å². The van der Waals surface area contributed by atoms with Gasteiger partial charge in [-0.25, -0.2) is 0 Å². The zero-order valence-corrected chi connectivity index (χ0v) is 14.9. The van der Waals surface area contributed by atoms with Crippen LogP contribution in [0.15, 0.2) is 73.2 Å². The van der Waals surface area contributed by atoms with Gasteiger partial charge in [0.2, 0.25) is 0 Å². The molecule has 0 saturated carbocycles. The first-order valence-electron chi connectivity index (χ1n) is 8.21. The van der Waals surface area contributed by atoms with E-state index < -0.39 is 0 Å². The maximum atomic E-state index is 5.68.